The highest BCUT2D eigenvalue weighted by Gasteiger charge is 2.20. The maximum atomic E-state index is 12.5. The summed E-state index contributed by atoms with van der Waals surface area (Å²) in [6.45, 7) is 4.99. The van der Waals surface area contributed by atoms with Crippen molar-refractivity contribution in [2.24, 2.45) is 0 Å². The molecule has 3 N–H and O–H groups in total. The van der Waals surface area contributed by atoms with Gasteiger partial charge in [-0.1, -0.05) is 346 Å². The number of aliphatic hydroxyl groups is 2. The maximum Gasteiger partial charge on any atom is 0.305 e. The van der Waals surface area contributed by atoms with E-state index in [-0.39, 0.29) is 18.5 Å². The molecule has 1 amide bonds. The van der Waals surface area contributed by atoms with Gasteiger partial charge in [-0.3, -0.25) is 9.59 Å². The summed E-state index contributed by atoms with van der Waals surface area (Å²) in [6.07, 6.45) is 83.6. The molecule has 0 aliphatic heterocycles. The van der Waals surface area contributed by atoms with Crippen LogP contribution in [0.25, 0.3) is 0 Å². The fourth-order valence-electron chi connectivity index (χ4n) is 11.1. The molecule has 0 radical (unpaired) electrons. The number of amides is 1. The van der Waals surface area contributed by atoms with Crippen molar-refractivity contribution >= 4 is 11.9 Å². The molecule has 6 heteroatoms. The standard InChI is InChI=1S/C71H137NO5/c1-3-5-7-9-11-13-15-17-18-19-33-36-40-43-47-51-55-59-63-69(74)68(67-73)72-70(75)64-60-56-52-48-44-41-37-34-31-29-27-25-23-21-20-22-24-26-28-30-32-35-38-42-46-50-54-58-62-66-77-71(76)65-61-57-53-49-45-39-16-14-12-10-8-6-4-2/h20,22,26,28,68-69,73-74H,3-19,21,23-25,27,29-67H2,1-2H3,(H,72,75)/b22-20-,28-26-. The number of carbonyl (C=O) groups excluding carboxylic acids is 2. The van der Waals surface area contributed by atoms with Crippen molar-refractivity contribution in [3.63, 3.8) is 0 Å². The van der Waals surface area contributed by atoms with Crippen LogP contribution in [0.3, 0.4) is 0 Å². The van der Waals surface area contributed by atoms with Crippen molar-refractivity contribution in [2.45, 2.75) is 405 Å². The van der Waals surface area contributed by atoms with Crippen LogP contribution in [-0.2, 0) is 14.3 Å². The summed E-state index contributed by atoms with van der Waals surface area (Å²) in [4.78, 5) is 24.6. The number of ether oxygens (including phenoxy) is 1. The fraction of sp³-hybridized carbons (Fsp3) is 0.915. The van der Waals surface area contributed by atoms with Crippen LogP contribution in [0.5, 0.6) is 0 Å². The van der Waals surface area contributed by atoms with E-state index in [1.807, 2.05) is 0 Å². The van der Waals surface area contributed by atoms with Gasteiger partial charge in [0, 0.05) is 12.8 Å². The van der Waals surface area contributed by atoms with Gasteiger partial charge in [0.1, 0.15) is 0 Å². The Hall–Kier alpha value is -1.66. The van der Waals surface area contributed by atoms with E-state index in [9.17, 15) is 19.8 Å². The van der Waals surface area contributed by atoms with Gasteiger partial charge in [-0.05, 0) is 57.8 Å². The minimum atomic E-state index is -0.665. The summed E-state index contributed by atoms with van der Waals surface area (Å²) in [5, 5.41) is 23.4. The average molecular weight is 1080 g/mol. The first kappa shape index (κ1) is 75.3. The van der Waals surface area contributed by atoms with Crippen LogP contribution in [0.1, 0.15) is 393 Å². The highest BCUT2D eigenvalue weighted by molar-refractivity contribution is 5.76. The molecule has 0 aromatic carbocycles. The van der Waals surface area contributed by atoms with Gasteiger partial charge in [0.25, 0.3) is 0 Å². The molecule has 0 heterocycles. The first-order valence-corrected chi connectivity index (χ1v) is 35.1. The van der Waals surface area contributed by atoms with E-state index in [0.29, 0.717) is 25.9 Å². The van der Waals surface area contributed by atoms with E-state index in [1.54, 1.807) is 0 Å². The van der Waals surface area contributed by atoms with Crippen molar-refractivity contribution < 1.29 is 24.5 Å². The topological polar surface area (TPSA) is 95.9 Å². The van der Waals surface area contributed by atoms with Crippen molar-refractivity contribution in [1.29, 1.82) is 0 Å². The van der Waals surface area contributed by atoms with Gasteiger partial charge in [0.2, 0.25) is 5.91 Å². The van der Waals surface area contributed by atoms with Gasteiger partial charge < -0.3 is 20.3 Å². The lowest BCUT2D eigenvalue weighted by Crippen LogP contribution is -2.45. The molecule has 0 spiro atoms. The smallest absolute Gasteiger partial charge is 0.305 e. The third-order valence-corrected chi connectivity index (χ3v) is 16.5. The molecule has 0 saturated heterocycles. The van der Waals surface area contributed by atoms with Crippen molar-refractivity contribution in [2.75, 3.05) is 13.2 Å². The number of esters is 1. The molecular weight excluding hydrogens is 947 g/mol. The monoisotopic (exact) mass is 1080 g/mol. The molecule has 6 nitrogen and oxygen atoms in total. The molecule has 0 aromatic heterocycles. The number of allylic oxidation sites excluding steroid dienone is 4. The number of carbonyl (C=O) groups is 2. The Balaban J connectivity index is 3.40. The lowest BCUT2D eigenvalue weighted by molar-refractivity contribution is -0.143. The summed E-state index contributed by atoms with van der Waals surface area (Å²) in [5.74, 6) is -0.0180. The minimum Gasteiger partial charge on any atom is -0.466 e. The predicted molar refractivity (Wildman–Crippen MR) is 338 cm³/mol. The molecule has 0 rings (SSSR count). The van der Waals surface area contributed by atoms with Gasteiger partial charge in [-0.25, -0.2) is 0 Å². The minimum absolute atomic E-state index is 0.0142. The Labute approximate surface area is 481 Å². The number of aliphatic hydroxyl groups excluding tert-OH is 2. The molecule has 2 atom stereocenters. The van der Waals surface area contributed by atoms with Crippen LogP contribution in [0.4, 0.5) is 0 Å². The highest BCUT2D eigenvalue weighted by Crippen LogP contribution is 2.19. The van der Waals surface area contributed by atoms with Crippen molar-refractivity contribution in [3.05, 3.63) is 24.3 Å². The van der Waals surface area contributed by atoms with E-state index in [4.69, 9.17) is 4.74 Å². The molecule has 0 saturated carbocycles. The third-order valence-electron chi connectivity index (χ3n) is 16.5. The first-order valence-electron chi connectivity index (χ1n) is 35.1. The molecule has 0 aromatic rings. The zero-order valence-electron chi connectivity index (χ0n) is 52.2. The van der Waals surface area contributed by atoms with Gasteiger partial charge in [-0.15, -0.1) is 0 Å². The normalized spacial score (nSPS) is 12.6. The van der Waals surface area contributed by atoms with E-state index in [0.717, 1.165) is 44.9 Å². The van der Waals surface area contributed by atoms with Crippen LogP contribution in [-0.4, -0.2) is 47.4 Å². The molecule has 77 heavy (non-hydrogen) atoms. The summed E-state index contributed by atoms with van der Waals surface area (Å²) in [7, 11) is 0. The van der Waals surface area contributed by atoms with Crippen LogP contribution in [0, 0.1) is 0 Å². The van der Waals surface area contributed by atoms with Gasteiger partial charge in [0.05, 0.1) is 25.4 Å². The number of nitrogens with one attached hydrogen (secondary N) is 1. The third kappa shape index (κ3) is 63.4. The molecule has 0 aliphatic rings. The molecule has 2 unspecified atom stereocenters. The molecular formula is C71H137NO5. The number of rotatable bonds is 66. The Morgan fingerprint density at radius 2 is 0.649 bits per heavy atom. The zero-order valence-corrected chi connectivity index (χ0v) is 52.2. The number of hydrogen-bond acceptors (Lipinski definition) is 5. The molecule has 456 valence electrons. The quantitative estimate of drug-likeness (QED) is 0.0320. The fourth-order valence-corrected chi connectivity index (χ4v) is 11.1. The zero-order chi connectivity index (χ0) is 55.7. The summed E-state index contributed by atoms with van der Waals surface area (Å²) in [6, 6.07) is -0.542. The van der Waals surface area contributed by atoms with Crippen molar-refractivity contribution in [1.82, 2.24) is 5.32 Å². The van der Waals surface area contributed by atoms with Crippen molar-refractivity contribution in [3.8, 4) is 0 Å². The summed E-state index contributed by atoms with van der Waals surface area (Å²) >= 11 is 0. The largest absolute Gasteiger partial charge is 0.466 e. The molecule has 0 bridgehead atoms. The Morgan fingerprint density at radius 3 is 0.987 bits per heavy atom. The van der Waals surface area contributed by atoms with E-state index >= 15 is 0 Å². The Morgan fingerprint density at radius 1 is 0.364 bits per heavy atom. The van der Waals surface area contributed by atoms with E-state index < -0.39 is 12.1 Å². The first-order chi connectivity index (χ1) is 38.0. The summed E-state index contributed by atoms with van der Waals surface area (Å²) < 4.78 is 5.48. The lowest BCUT2D eigenvalue weighted by atomic mass is 10.0. The van der Waals surface area contributed by atoms with E-state index in [1.165, 1.54) is 315 Å². The summed E-state index contributed by atoms with van der Waals surface area (Å²) in [5.41, 5.74) is 0. The van der Waals surface area contributed by atoms with E-state index in [2.05, 4.69) is 43.5 Å². The number of unbranched alkanes of at least 4 members (excludes halogenated alkanes) is 51. The predicted octanol–water partition coefficient (Wildman–Crippen LogP) is 22.5. The Kier molecular flexibility index (Phi) is 65.4. The average Bonchev–Trinajstić information content (AvgIpc) is 3.43. The van der Waals surface area contributed by atoms with Gasteiger partial charge >= 0.3 is 5.97 Å². The number of hydrogen-bond donors (Lipinski definition) is 3. The molecule has 0 fully saturated rings. The maximum absolute atomic E-state index is 12.5. The second kappa shape index (κ2) is 66.8. The van der Waals surface area contributed by atoms with Crippen LogP contribution in [0.15, 0.2) is 24.3 Å². The Bertz CT molecular complexity index is 1200. The van der Waals surface area contributed by atoms with Crippen LogP contribution < -0.4 is 5.32 Å². The van der Waals surface area contributed by atoms with Gasteiger partial charge in [-0.2, -0.15) is 0 Å². The van der Waals surface area contributed by atoms with Gasteiger partial charge in [0.15, 0.2) is 0 Å². The lowest BCUT2D eigenvalue weighted by Gasteiger charge is -2.22. The second-order valence-electron chi connectivity index (χ2n) is 24.2. The SMILES string of the molecule is CCCCCCCCCCCCCCCCCCCCC(O)C(CO)NC(=O)CCCCCCCCCCCCCCC/C=C\C/C=C\CCCCCCCCCCCOC(=O)CCCCCCCCCCCCCCC. The second-order valence-corrected chi connectivity index (χ2v) is 24.2. The highest BCUT2D eigenvalue weighted by atomic mass is 16.5. The molecule has 0 aliphatic carbocycles. The van der Waals surface area contributed by atoms with Crippen LogP contribution in [0.2, 0.25) is 0 Å². The van der Waals surface area contributed by atoms with Crippen LogP contribution >= 0.6 is 0 Å².